The highest BCUT2D eigenvalue weighted by Crippen LogP contribution is 2.63. The van der Waals surface area contributed by atoms with Gasteiger partial charge in [-0.05, 0) is 86.0 Å². The Bertz CT molecular complexity index is 3070. The van der Waals surface area contributed by atoms with Crippen LogP contribution in [-0.2, 0) is 10.8 Å². The van der Waals surface area contributed by atoms with Crippen LogP contribution in [0.1, 0.15) is 47.2 Å². The number of nitrogens with zero attached hydrogens (tertiary/aromatic N) is 3. The van der Waals surface area contributed by atoms with Crippen LogP contribution in [0.2, 0.25) is 0 Å². The van der Waals surface area contributed by atoms with E-state index in [2.05, 4.69) is 166 Å². The Hall–Kier alpha value is -7.43. The predicted molar refractivity (Wildman–Crippen MR) is 237 cm³/mol. The number of para-hydroxylation sites is 2. The highest BCUT2D eigenvalue weighted by Gasteiger charge is 2.51. The van der Waals surface area contributed by atoms with E-state index in [9.17, 15) is 0 Å². The first-order valence-corrected chi connectivity index (χ1v) is 20.3. The van der Waals surface area contributed by atoms with Crippen molar-refractivity contribution in [3.8, 4) is 79.0 Å². The van der Waals surface area contributed by atoms with E-state index in [-0.39, 0.29) is 5.41 Å². The van der Waals surface area contributed by atoms with Crippen molar-refractivity contribution in [2.75, 3.05) is 0 Å². The van der Waals surface area contributed by atoms with E-state index in [0.717, 1.165) is 44.9 Å². The molecule has 0 unspecified atom stereocenters. The SMILES string of the molecule is CC1(C)c2ccccc2-c2cc(-c3ccc4c(c3)C3(c5ccccc5Oc5ccccc53)c3ccc(-c5nc(-c6ccccc6)nc(-c6ccccc6)n5)cc3-4)ccc21. The maximum Gasteiger partial charge on any atom is 0.164 e. The average molecular weight is 756 g/mol. The second kappa shape index (κ2) is 12.5. The van der Waals surface area contributed by atoms with Crippen LogP contribution < -0.4 is 4.74 Å². The minimum absolute atomic E-state index is 0.0520. The number of aromatic nitrogens is 3. The standard InChI is InChI=1S/C55H37N3O/c1-54(2)43-20-10-9-19-39(43)41-31-36(26-29-44(41)54)37-25-28-40-42-32-38(53-57-51(34-15-5-3-6-16-34)56-52(58-53)35-17-7-4-8-18-35)27-30-45(42)55(48(40)33-37)46-21-11-13-23-49(46)59-50-24-14-12-22-47(50)55/h3-33H,1-2H3. The highest BCUT2D eigenvalue weighted by atomic mass is 16.5. The molecule has 2 heterocycles. The molecule has 0 fully saturated rings. The first-order chi connectivity index (χ1) is 29.0. The molecule has 4 nitrogen and oxygen atoms in total. The van der Waals surface area contributed by atoms with Gasteiger partial charge < -0.3 is 4.74 Å². The van der Waals surface area contributed by atoms with Gasteiger partial charge in [-0.3, -0.25) is 0 Å². The molecule has 0 atom stereocenters. The van der Waals surface area contributed by atoms with E-state index >= 15 is 0 Å². The van der Waals surface area contributed by atoms with Gasteiger partial charge in [0.2, 0.25) is 0 Å². The molecule has 0 saturated carbocycles. The van der Waals surface area contributed by atoms with Crippen LogP contribution in [0.3, 0.4) is 0 Å². The van der Waals surface area contributed by atoms with Crippen LogP contribution in [0.15, 0.2) is 188 Å². The van der Waals surface area contributed by atoms with Crippen LogP contribution in [0, 0.1) is 0 Å². The molecule has 4 heteroatoms. The molecular weight excluding hydrogens is 719 g/mol. The summed E-state index contributed by atoms with van der Waals surface area (Å²) in [5.74, 6) is 3.66. The summed E-state index contributed by atoms with van der Waals surface area (Å²) in [6.07, 6.45) is 0. The van der Waals surface area contributed by atoms with E-state index in [1.807, 2.05) is 36.4 Å². The molecule has 0 radical (unpaired) electrons. The van der Waals surface area contributed by atoms with Crippen LogP contribution in [0.5, 0.6) is 11.5 Å². The summed E-state index contributed by atoms with van der Waals surface area (Å²) in [5.41, 5.74) is 17.0. The Balaban J connectivity index is 1.09. The number of hydrogen-bond donors (Lipinski definition) is 0. The van der Waals surface area contributed by atoms with Crippen molar-refractivity contribution in [1.82, 2.24) is 15.0 Å². The van der Waals surface area contributed by atoms with Gasteiger partial charge in [0.15, 0.2) is 17.5 Å². The first kappa shape index (κ1) is 33.7. The molecule has 0 bridgehead atoms. The Kier molecular flexibility index (Phi) is 7.16. The third kappa shape index (κ3) is 4.87. The van der Waals surface area contributed by atoms with Crippen molar-refractivity contribution < 1.29 is 4.74 Å². The third-order valence-electron chi connectivity index (χ3n) is 12.8. The van der Waals surface area contributed by atoms with Gasteiger partial charge in [0, 0.05) is 33.2 Å². The lowest BCUT2D eigenvalue weighted by atomic mass is 9.66. The predicted octanol–water partition coefficient (Wildman–Crippen LogP) is 13.3. The molecule has 3 aliphatic rings. The fourth-order valence-corrected chi connectivity index (χ4v) is 10.1. The fraction of sp³-hybridized carbons (Fsp3) is 0.0727. The van der Waals surface area contributed by atoms with Crippen molar-refractivity contribution in [3.05, 3.63) is 221 Å². The summed E-state index contributed by atoms with van der Waals surface area (Å²) in [6.45, 7) is 4.67. The van der Waals surface area contributed by atoms with Gasteiger partial charge in [-0.25, -0.2) is 15.0 Å². The zero-order chi connectivity index (χ0) is 39.3. The molecule has 12 rings (SSSR count). The maximum atomic E-state index is 6.69. The van der Waals surface area contributed by atoms with Crippen LogP contribution in [0.4, 0.5) is 0 Å². The number of ether oxygens (including phenoxy) is 1. The van der Waals surface area contributed by atoms with Gasteiger partial charge >= 0.3 is 0 Å². The normalized spacial score (nSPS) is 14.3. The maximum absolute atomic E-state index is 6.69. The Morgan fingerprint density at radius 3 is 1.42 bits per heavy atom. The molecule has 1 aromatic heterocycles. The summed E-state index contributed by atoms with van der Waals surface area (Å²) in [7, 11) is 0. The lowest BCUT2D eigenvalue weighted by molar-refractivity contribution is 0.436. The van der Waals surface area contributed by atoms with Crippen LogP contribution >= 0.6 is 0 Å². The summed E-state index contributed by atoms with van der Waals surface area (Å²) in [4.78, 5) is 15.2. The van der Waals surface area contributed by atoms with E-state index in [4.69, 9.17) is 19.7 Å². The molecule has 59 heavy (non-hydrogen) atoms. The topological polar surface area (TPSA) is 47.9 Å². The number of fused-ring (bicyclic) bond motifs is 12. The molecule has 278 valence electrons. The largest absolute Gasteiger partial charge is 0.457 e. The van der Waals surface area contributed by atoms with Gasteiger partial charge in [0.25, 0.3) is 0 Å². The summed E-state index contributed by atoms with van der Waals surface area (Å²) < 4.78 is 6.69. The Labute approximate surface area is 343 Å². The molecule has 8 aromatic carbocycles. The van der Waals surface area contributed by atoms with Gasteiger partial charge in [0.1, 0.15) is 11.5 Å². The fourth-order valence-electron chi connectivity index (χ4n) is 10.1. The smallest absolute Gasteiger partial charge is 0.164 e. The molecule has 9 aromatic rings. The highest BCUT2D eigenvalue weighted by molar-refractivity contribution is 5.93. The number of benzene rings is 8. The van der Waals surface area contributed by atoms with E-state index in [1.54, 1.807) is 0 Å². The van der Waals surface area contributed by atoms with Crippen molar-refractivity contribution in [2.24, 2.45) is 0 Å². The lowest BCUT2D eigenvalue weighted by Crippen LogP contribution is -2.32. The zero-order valence-electron chi connectivity index (χ0n) is 32.6. The monoisotopic (exact) mass is 755 g/mol. The van der Waals surface area contributed by atoms with Crippen molar-refractivity contribution in [2.45, 2.75) is 24.7 Å². The molecule has 1 aliphatic heterocycles. The second-order valence-electron chi connectivity index (χ2n) is 16.3. The van der Waals surface area contributed by atoms with Crippen LogP contribution in [0.25, 0.3) is 67.5 Å². The molecule has 0 amide bonds. The number of rotatable bonds is 4. The average Bonchev–Trinajstić information content (AvgIpc) is 3.71. The second-order valence-corrected chi connectivity index (χ2v) is 16.3. The van der Waals surface area contributed by atoms with Gasteiger partial charge in [-0.1, -0.05) is 172 Å². The molecule has 2 aliphatic carbocycles. The van der Waals surface area contributed by atoms with Crippen molar-refractivity contribution in [1.29, 1.82) is 0 Å². The van der Waals surface area contributed by atoms with E-state index in [0.29, 0.717) is 17.5 Å². The van der Waals surface area contributed by atoms with Crippen LogP contribution in [-0.4, -0.2) is 15.0 Å². The minimum Gasteiger partial charge on any atom is -0.457 e. The summed E-state index contributed by atoms with van der Waals surface area (Å²) in [5, 5.41) is 0. The lowest BCUT2D eigenvalue weighted by Gasteiger charge is -2.39. The summed E-state index contributed by atoms with van der Waals surface area (Å²) >= 11 is 0. The first-order valence-electron chi connectivity index (χ1n) is 20.3. The van der Waals surface area contributed by atoms with Gasteiger partial charge in [-0.15, -0.1) is 0 Å². The third-order valence-corrected chi connectivity index (χ3v) is 12.8. The molecular formula is C55H37N3O. The van der Waals surface area contributed by atoms with Crippen molar-refractivity contribution in [3.63, 3.8) is 0 Å². The number of hydrogen-bond acceptors (Lipinski definition) is 4. The summed E-state index contributed by atoms with van der Waals surface area (Å²) in [6, 6.07) is 67.1. The molecule has 0 saturated heterocycles. The van der Waals surface area contributed by atoms with E-state index < -0.39 is 5.41 Å². The minimum atomic E-state index is -0.626. The van der Waals surface area contributed by atoms with E-state index in [1.165, 1.54) is 50.1 Å². The quantitative estimate of drug-likeness (QED) is 0.179. The van der Waals surface area contributed by atoms with Crippen molar-refractivity contribution >= 4 is 0 Å². The Morgan fingerprint density at radius 1 is 0.322 bits per heavy atom. The zero-order valence-corrected chi connectivity index (χ0v) is 32.6. The Morgan fingerprint density at radius 2 is 0.763 bits per heavy atom. The molecule has 0 N–H and O–H groups in total. The molecule has 1 spiro atoms. The van der Waals surface area contributed by atoms with Gasteiger partial charge in [-0.2, -0.15) is 0 Å². The van der Waals surface area contributed by atoms with Gasteiger partial charge in [0.05, 0.1) is 5.41 Å².